The number of rotatable bonds is 2. The van der Waals surface area contributed by atoms with Gasteiger partial charge in [-0.15, -0.1) is 0 Å². The summed E-state index contributed by atoms with van der Waals surface area (Å²) in [7, 11) is 3.85. The van der Waals surface area contributed by atoms with Crippen molar-refractivity contribution in [1.29, 1.82) is 0 Å². The van der Waals surface area contributed by atoms with E-state index >= 15 is 0 Å². The molecule has 10 heavy (non-hydrogen) atoms. The van der Waals surface area contributed by atoms with E-state index in [1.165, 1.54) is 0 Å². The Morgan fingerprint density at radius 3 is 1.50 bits per heavy atom. The van der Waals surface area contributed by atoms with Crippen molar-refractivity contribution in [2.24, 2.45) is 0 Å². The molecule has 0 aromatic rings. The van der Waals surface area contributed by atoms with Crippen LogP contribution in [0.1, 0.15) is 6.92 Å². The Morgan fingerprint density at radius 2 is 1.50 bits per heavy atom. The van der Waals surface area contributed by atoms with Gasteiger partial charge in [0.15, 0.2) is 0 Å². The van der Waals surface area contributed by atoms with Crippen molar-refractivity contribution in [3.63, 3.8) is 0 Å². The molecular weight excluding hydrogens is 211 g/mol. The number of hydrogen-bond acceptors (Lipinski definition) is 3. The van der Waals surface area contributed by atoms with E-state index in [0.717, 1.165) is 6.54 Å². The van der Waals surface area contributed by atoms with E-state index in [-0.39, 0.29) is 35.6 Å². The molecule has 1 radical (unpaired) electrons. The molecule has 0 fully saturated rings. The largest absolute Gasteiger partial charge is 0.397 e. The minimum Gasteiger partial charge on any atom is -0.397 e. The molecular formula is C6H17NNbO2. The molecule has 0 amide bonds. The van der Waals surface area contributed by atoms with E-state index in [1.807, 2.05) is 19.0 Å². The molecule has 0 saturated carbocycles. The van der Waals surface area contributed by atoms with Crippen LogP contribution in [0.2, 0.25) is 0 Å². The molecule has 3 nitrogen and oxygen atoms in total. The number of nitrogens with zero attached hydrogens (tertiary/aromatic N) is 1. The molecule has 0 bridgehead atoms. The van der Waals surface area contributed by atoms with Crippen LogP contribution in [0.15, 0.2) is 0 Å². The summed E-state index contributed by atoms with van der Waals surface area (Å²) in [5.74, 6) is 0. The zero-order valence-electron chi connectivity index (χ0n) is 6.91. The molecule has 0 spiro atoms. The van der Waals surface area contributed by atoms with E-state index in [1.54, 1.807) is 6.92 Å². The maximum absolute atomic E-state index is 8.20. The molecule has 0 aliphatic carbocycles. The van der Waals surface area contributed by atoms with Crippen LogP contribution in [0.25, 0.3) is 0 Å². The monoisotopic (exact) mass is 228 g/mol. The zero-order chi connectivity index (χ0) is 7.70. The average molecular weight is 228 g/mol. The van der Waals surface area contributed by atoms with Crippen molar-refractivity contribution in [2.45, 2.75) is 6.92 Å². The van der Waals surface area contributed by atoms with Crippen molar-refractivity contribution in [2.75, 3.05) is 33.9 Å². The molecule has 0 aliphatic heterocycles. The van der Waals surface area contributed by atoms with Crippen LogP contribution >= 0.6 is 0 Å². The maximum Gasteiger partial charge on any atom is 0.0558 e. The van der Waals surface area contributed by atoms with Crippen molar-refractivity contribution in [1.82, 2.24) is 4.90 Å². The summed E-state index contributed by atoms with van der Waals surface area (Å²) in [6, 6.07) is 0. The summed E-state index contributed by atoms with van der Waals surface area (Å²) < 4.78 is 0. The first-order valence-electron chi connectivity index (χ1n) is 3.05. The summed E-state index contributed by atoms with van der Waals surface area (Å²) in [6.07, 6.45) is 0. The molecule has 0 aromatic heterocycles. The van der Waals surface area contributed by atoms with Crippen molar-refractivity contribution in [3.05, 3.63) is 0 Å². The molecule has 0 rings (SSSR count). The maximum atomic E-state index is 8.20. The normalized spacial score (nSPS) is 7.80. The Bertz CT molecular complexity index is 44.7. The first kappa shape index (κ1) is 16.9. The Balaban J connectivity index is -0.000000107. The second-order valence-corrected chi connectivity index (χ2v) is 1.84. The minimum atomic E-state index is 0. The number of likely N-dealkylation sites (N-methyl/N-ethyl adjacent to an activating group) is 1. The van der Waals surface area contributed by atoms with Gasteiger partial charge in [0, 0.05) is 35.5 Å². The molecule has 4 heteroatoms. The minimum absolute atomic E-state index is 0. The fraction of sp³-hybridized carbons (Fsp3) is 1.00. The Hall–Kier alpha value is 0.620. The van der Waals surface area contributed by atoms with Crippen molar-refractivity contribution >= 4 is 0 Å². The Morgan fingerprint density at radius 1 is 1.20 bits per heavy atom. The molecule has 0 saturated heterocycles. The van der Waals surface area contributed by atoms with Crippen LogP contribution in [0.4, 0.5) is 0 Å². The molecule has 0 aromatic carbocycles. The number of aliphatic hydroxyl groups excluding tert-OH is 2. The van der Waals surface area contributed by atoms with E-state index < -0.39 is 0 Å². The van der Waals surface area contributed by atoms with Gasteiger partial charge in [-0.25, -0.2) is 0 Å². The van der Waals surface area contributed by atoms with Gasteiger partial charge in [-0.05, 0) is 21.0 Å². The molecule has 0 aliphatic rings. The number of aliphatic hydroxyl groups is 2. The van der Waals surface area contributed by atoms with Gasteiger partial charge in [0.2, 0.25) is 0 Å². The summed E-state index contributed by atoms with van der Waals surface area (Å²) >= 11 is 0. The zero-order valence-corrected chi connectivity index (χ0v) is 9.11. The quantitative estimate of drug-likeness (QED) is 0.628. The predicted octanol–water partition coefficient (Wildman–Crippen LogP) is -0.464. The topological polar surface area (TPSA) is 43.7 Å². The molecule has 0 heterocycles. The van der Waals surface area contributed by atoms with E-state index in [2.05, 4.69) is 0 Å². The number of hydrogen-bond donors (Lipinski definition) is 2. The van der Waals surface area contributed by atoms with E-state index in [4.69, 9.17) is 10.2 Å². The van der Waals surface area contributed by atoms with Crippen LogP contribution in [0.3, 0.4) is 0 Å². The van der Waals surface area contributed by atoms with Gasteiger partial charge in [0.05, 0.1) is 6.61 Å². The Kier molecular flexibility index (Phi) is 27.6. The second kappa shape index (κ2) is 16.3. The van der Waals surface area contributed by atoms with Gasteiger partial charge in [0.1, 0.15) is 0 Å². The van der Waals surface area contributed by atoms with Gasteiger partial charge >= 0.3 is 0 Å². The second-order valence-electron chi connectivity index (χ2n) is 1.84. The first-order valence-corrected chi connectivity index (χ1v) is 3.05. The summed E-state index contributed by atoms with van der Waals surface area (Å²) in [5.41, 5.74) is 0. The smallest absolute Gasteiger partial charge is 0.0558 e. The summed E-state index contributed by atoms with van der Waals surface area (Å²) in [4.78, 5) is 1.93. The molecule has 63 valence electrons. The third kappa shape index (κ3) is 38.2. The SMILES string of the molecule is CCO.CN(C)CCO.[Nb]. The van der Waals surface area contributed by atoms with Gasteiger partial charge in [-0.3, -0.25) is 0 Å². The average Bonchev–Trinajstić information content (AvgIpc) is 1.67. The van der Waals surface area contributed by atoms with E-state index in [0.29, 0.717) is 0 Å². The summed E-state index contributed by atoms with van der Waals surface area (Å²) in [5, 5.41) is 15.8. The van der Waals surface area contributed by atoms with Crippen LogP contribution in [-0.2, 0) is 22.4 Å². The van der Waals surface area contributed by atoms with Gasteiger partial charge < -0.3 is 15.1 Å². The standard InChI is InChI=1S/C4H11NO.C2H6O.Nb/c1-5(2)3-4-6;1-2-3;/h6H,3-4H2,1-2H3;3H,2H2,1H3;. The summed E-state index contributed by atoms with van der Waals surface area (Å²) in [6.45, 7) is 2.95. The van der Waals surface area contributed by atoms with Crippen LogP contribution in [0, 0.1) is 0 Å². The molecule has 0 atom stereocenters. The van der Waals surface area contributed by atoms with Crippen LogP contribution in [-0.4, -0.2) is 49.0 Å². The third-order valence-electron chi connectivity index (χ3n) is 0.547. The third-order valence-corrected chi connectivity index (χ3v) is 0.547. The van der Waals surface area contributed by atoms with Gasteiger partial charge in [0.25, 0.3) is 0 Å². The van der Waals surface area contributed by atoms with Crippen molar-refractivity contribution in [3.8, 4) is 0 Å². The molecule has 0 unspecified atom stereocenters. The van der Waals surface area contributed by atoms with Gasteiger partial charge in [-0.1, -0.05) is 0 Å². The Labute approximate surface area is 78.6 Å². The fourth-order valence-electron chi connectivity index (χ4n) is 0.200. The fourth-order valence-corrected chi connectivity index (χ4v) is 0.200. The van der Waals surface area contributed by atoms with Gasteiger partial charge in [-0.2, -0.15) is 0 Å². The van der Waals surface area contributed by atoms with Crippen LogP contribution in [0.5, 0.6) is 0 Å². The molecule has 2 N–H and O–H groups in total. The van der Waals surface area contributed by atoms with E-state index in [9.17, 15) is 0 Å². The predicted molar refractivity (Wildman–Crippen MR) is 38.4 cm³/mol. The first-order chi connectivity index (χ1) is 4.18. The van der Waals surface area contributed by atoms with Crippen LogP contribution < -0.4 is 0 Å². The van der Waals surface area contributed by atoms with Crippen molar-refractivity contribution < 1.29 is 32.6 Å².